The van der Waals surface area contributed by atoms with Crippen LogP contribution in [0.5, 0.6) is 0 Å². The molecule has 4 nitrogen and oxygen atoms in total. The molecule has 0 atom stereocenters. The number of hydrogen-bond donors (Lipinski definition) is 0. The average molecular weight is 219 g/mol. The van der Waals surface area contributed by atoms with Crippen molar-refractivity contribution in [1.82, 2.24) is 14.8 Å². The van der Waals surface area contributed by atoms with Gasteiger partial charge in [0.15, 0.2) is 0 Å². The van der Waals surface area contributed by atoms with E-state index in [2.05, 4.69) is 10.1 Å². The number of fused-ring (bicyclic) bond motifs is 1. The van der Waals surface area contributed by atoms with E-state index in [0.29, 0.717) is 6.61 Å². The lowest BCUT2D eigenvalue weighted by Crippen LogP contribution is -2.11. The molecule has 0 radical (unpaired) electrons. The van der Waals surface area contributed by atoms with Gasteiger partial charge in [0, 0.05) is 17.8 Å². The van der Waals surface area contributed by atoms with E-state index >= 15 is 0 Å². The van der Waals surface area contributed by atoms with E-state index in [0.717, 1.165) is 23.1 Å². The Morgan fingerprint density at radius 1 is 1.44 bits per heavy atom. The van der Waals surface area contributed by atoms with Gasteiger partial charge in [0.05, 0.1) is 30.5 Å². The molecule has 2 rings (SSSR count). The van der Waals surface area contributed by atoms with Gasteiger partial charge in [0.1, 0.15) is 0 Å². The quantitative estimate of drug-likeness (QED) is 0.791. The molecule has 0 fully saturated rings. The highest BCUT2D eigenvalue weighted by Crippen LogP contribution is 2.15. The van der Waals surface area contributed by atoms with Crippen LogP contribution in [0, 0.1) is 6.92 Å². The van der Waals surface area contributed by atoms with Crippen molar-refractivity contribution >= 4 is 10.9 Å². The van der Waals surface area contributed by atoms with Crippen molar-refractivity contribution in [1.29, 1.82) is 0 Å². The Balaban J connectivity index is 2.18. The van der Waals surface area contributed by atoms with E-state index in [-0.39, 0.29) is 6.10 Å². The molecule has 0 aliphatic carbocycles. The maximum atomic E-state index is 5.53. The van der Waals surface area contributed by atoms with Gasteiger partial charge in [-0.2, -0.15) is 5.10 Å². The van der Waals surface area contributed by atoms with Crippen LogP contribution in [0.15, 0.2) is 18.5 Å². The Morgan fingerprint density at radius 2 is 2.25 bits per heavy atom. The van der Waals surface area contributed by atoms with Gasteiger partial charge in [0.25, 0.3) is 0 Å². The molecule has 86 valence electrons. The number of pyridine rings is 1. The van der Waals surface area contributed by atoms with Crippen molar-refractivity contribution in [3.8, 4) is 0 Å². The highest BCUT2D eigenvalue weighted by molar-refractivity contribution is 5.80. The number of aromatic nitrogens is 3. The van der Waals surface area contributed by atoms with Gasteiger partial charge in [-0.15, -0.1) is 0 Å². The molecule has 0 bridgehead atoms. The van der Waals surface area contributed by atoms with Crippen LogP contribution < -0.4 is 0 Å². The Labute approximate surface area is 95.2 Å². The monoisotopic (exact) mass is 219 g/mol. The molecule has 0 spiro atoms. The number of aryl methyl sites for hydroxylation is 1. The Morgan fingerprint density at radius 3 is 3.00 bits per heavy atom. The number of rotatable bonds is 4. The van der Waals surface area contributed by atoms with Gasteiger partial charge in [-0.05, 0) is 26.8 Å². The van der Waals surface area contributed by atoms with E-state index < -0.39 is 0 Å². The summed E-state index contributed by atoms with van der Waals surface area (Å²) in [6, 6.07) is 1.99. The van der Waals surface area contributed by atoms with Crippen molar-refractivity contribution in [3.63, 3.8) is 0 Å². The average Bonchev–Trinajstić information content (AvgIpc) is 2.57. The van der Waals surface area contributed by atoms with Crippen LogP contribution in [0.3, 0.4) is 0 Å². The molecule has 0 aliphatic heterocycles. The van der Waals surface area contributed by atoms with Gasteiger partial charge >= 0.3 is 0 Å². The molecule has 2 aromatic heterocycles. The zero-order valence-corrected chi connectivity index (χ0v) is 9.97. The van der Waals surface area contributed by atoms with Gasteiger partial charge in [-0.3, -0.25) is 9.67 Å². The van der Waals surface area contributed by atoms with Crippen molar-refractivity contribution < 1.29 is 4.74 Å². The first kappa shape index (κ1) is 11.1. The summed E-state index contributed by atoms with van der Waals surface area (Å²) in [5.41, 5.74) is 2.15. The standard InChI is InChI=1S/C12H17N3O/c1-9(2)16-7-6-15-12-4-5-13-8-11(12)10(3)14-15/h4-5,8-9H,6-7H2,1-3H3. The first-order chi connectivity index (χ1) is 7.68. The van der Waals surface area contributed by atoms with E-state index in [9.17, 15) is 0 Å². The Kier molecular flexibility index (Phi) is 3.19. The van der Waals surface area contributed by atoms with Crippen LogP contribution in [-0.4, -0.2) is 27.5 Å². The normalized spacial score (nSPS) is 11.5. The third-order valence-electron chi connectivity index (χ3n) is 2.49. The maximum absolute atomic E-state index is 5.53. The SMILES string of the molecule is Cc1nn(CCOC(C)C)c2ccncc12. The van der Waals surface area contributed by atoms with Crippen molar-refractivity contribution in [3.05, 3.63) is 24.2 Å². The van der Waals surface area contributed by atoms with Crippen LogP contribution in [0.25, 0.3) is 10.9 Å². The second kappa shape index (κ2) is 4.61. The molecule has 0 N–H and O–H groups in total. The van der Waals surface area contributed by atoms with E-state index in [1.54, 1.807) is 6.20 Å². The van der Waals surface area contributed by atoms with Crippen molar-refractivity contribution in [2.75, 3.05) is 6.61 Å². The first-order valence-corrected chi connectivity index (χ1v) is 5.57. The maximum Gasteiger partial charge on any atom is 0.0717 e. The predicted molar refractivity (Wildman–Crippen MR) is 63.4 cm³/mol. The molecule has 0 aliphatic rings. The Hall–Kier alpha value is -1.42. The second-order valence-electron chi connectivity index (χ2n) is 4.12. The van der Waals surface area contributed by atoms with Crippen LogP contribution in [0.1, 0.15) is 19.5 Å². The summed E-state index contributed by atoms with van der Waals surface area (Å²) in [6.07, 6.45) is 3.92. The second-order valence-corrected chi connectivity index (χ2v) is 4.12. The van der Waals surface area contributed by atoms with Crippen molar-refractivity contribution in [2.45, 2.75) is 33.4 Å². The summed E-state index contributed by atoms with van der Waals surface area (Å²) in [5.74, 6) is 0. The summed E-state index contributed by atoms with van der Waals surface area (Å²) in [6.45, 7) is 7.55. The lowest BCUT2D eigenvalue weighted by molar-refractivity contribution is 0.0716. The van der Waals surface area contributed by atoms with Crippen LogP contribution in [-0.2, 0) is 11.3 Å². The first-order valence-electron chi connectivity index (χ1n) is 5.57. The van der Waals surface area contributed by atoms with Crippen LogP contribution in [0.4, 0.5) is 0 Å². The molecule has 2 aromatic rings. The molecular formula is C12H17N3O. The summed E-state index contributed by atoms with van der Waals surface area (Å²) in [7, 11) is 0. The molecule has 0 unspecified atom stereocenters. The largest absolute Gasteiger partial charge is 0.377 e. The van der Waals surface area contributed by atoms with Gasteiger partial charge < -0.3 is 4.74 Å². The van der Waals surface area contributed by atoms with Crippen LogP contribution in [0.2, 0.25) is 0 Å². The van der Waals surface area contributed by atoms with Gasteiger partial charge in [-0.25, -0.2) is 0 Å². The fourth-order valence-electron chi connectivity index (χ4n) is 1.73. The fraction of sp³-hybridized carbons (Fsp3) is 0.500. The summed E-state index contributed by atoms with van der Waals surface area (Å²) in [5, 5.41) is 5.60. The molecular weight excluding hydrogens is 202 g/mol. The highest BCUT2D eigenvalue weighted by atomic mass is 16.5. The molecule has 2 heterocycles. The third kappa shape index (κ3) is 2.22. The van der Waals surface area contributed by atoms with Gasteiger partial charge in [0.2, 0.25) is 0 Å². The molecule has 0 amide bonds. The van der Waals surface area contributed by atoms with E-state index in [1.807, 2.05) is 37.7 Å². The molecule has 16 heavy (non-hydrogen) atoms. The Bertz CT molecular complexity index is 476. The van der Waals surface area contributed by atoms with Crippen LogP contribution >= 0.6 is 0 Å². The molecule has 0 saturated carbocycles. The number of ether oxygens (including phenoxy) is 1. The number of hydrogen-bond acceptors (Lipinski definition) is 3. The minimum Gasteiger partial charge on any atom is -0.377 e. The predicted octanol–water partition coefficient (Wildman–Crippen LogP) is 2.16. The van der Waals surface area contributed by atoms with E-state index in [1.165, 1.54) is 0 Å². The summed E-state index contributed by atoms with van der Waals surface area (Å²) < 4.78 is 7.51. The lowest BCUT2D eigenvalue weighted by Gasteiger charge is -2.07. The number of nitrogens with zero attached hydrogens (tertiary/aromatic N) is 3. The lowest BCUT2D eigenvalue weighted by atomic mass is 10.3. The minimum atomic E-state index is 0.268. The summed E-state index contributed by atoms with van der Waals surface area (Å²) >= 11 is 0. The molecule has 0 saturated heterocycles. The highest BCUT2D eigenvalue weighted by Gasteiger charge is 2.06. The zero-order valence-electron chi connectivity index (χ0n) is 9.97. The smallest absolute Gasteiger partial charge is 0.0717 e. The fourth-order valence-corrected chi connectivity index (χ4v) is 1.73. The molecule has 4 heteroatoms. The topological polar surface area (TPSA) is 39.9 Å². The van der Waals surface area contributed by atoms with E-state index in [4.69, 9.17) is 4.74 Å². The zero-order chi connectivity index (χ0) is 11.5. The molecule has 0 aromatic carbocycles. The van der Waals surface area contributed by atoms with Crippen molar-refractivity contribution in [2.24, 2.45) is 0 Å². The minimum absolute atomic E-state index is 0.268. The summed E-state index contributed by atoms with van der Waals surface area (Å²) in [4.78, 5) is 4.11. The third-order valence-corrected chi connectivity index (χ3v) is 2.49. The van der Waals surface area contributed by atoms with Gasteiger partial charge in [-0.1, -0.05) is 0 Å².